The maximum absolute atomic E-state index is 13.6. The van der Waals surface area contributed by atoms with Gasteiger partial charge in [0, 0.05) is 5.02 Å². The van der Waals surface area contributed by atoms with Crippen molar-refractivity contribution in [2.75, 3.05) is 6.54 Å². The second-order valence-electron chi connectivity index (χ2n) is 4.34. The van der Waals surface area contributed by atoms with Crippen LogP contribution in [0.2, 0.25) is 5.02 Å². The van der Waals surface area contributed by atoms with Crippen LogP contribution in [0.15, 0.2) is 18.2 Å². The van der Waals surface area contributed by atoms with E-state index < -0.39 is 5.82 Å². The van der Waals surface area contributed by atoms with Crippen LogP contribution in [-0.4, -0.2) is 18.4 Å². The zero-order valence-electron chi connectivity index (χ0n) is 9.51. The fourth-order valence-corrected chi connectivity index (χ4v) is 2.29. The van der Waals surface area contributed by atoms with E-state index in [-0.39, 0.29) is 17.4 Å². The van der Waals surface area contributed by atoms with Gasteiger partial charge in [0.25, 0.3) is 0 Å². The Morgan fingerprint density at radius 3 is 2.94 bits per heavy atom. The highest BCUT2D eigenvalue weighted by atomic mass is 35.5. The highest BCUT2D eigenvalue weighted by Gasteiger charge is 2.23. The van der Waals surface area contributed by atoms with Gasteiger partial charge in [-0.15, -0.1) is 0 Å². The first kappa shape index (κ1) is 12.5. The predicted molar refractivity (Wildman–Crippen MR) is 66.0 cm³/mol. The lowest BCUT2D eigenvalue weighted by atomic mass is 10.00. The molecule has 1 aromatic carbocycles. The Bertz CT molecular complexity index is 414. The van der Waals surface area contributed by atoms with Crippen molar-refractivity contribution in [3.8, 4) is 0 Å². The highest BCUT2D eigenvalue weighted by molar-refractivity contribution is 6.30. The van der Waals surface area contributed by atoms with E-state index in [1.807, 2.05) is 0 Å². The third-order valence-electron chi connectivity index (χ3n) is 3.07. The number of carbonyl (C=O) groups excluding carboxylic acids is 1. The van der Waals surface area contributed by atoms with Crippen molar-refractivity contribution in [1.82, 2.24) is 5.32 Å². The van der Waals surface area contributed by atoms with Crippen molar-refractivity contribution in [3.05, 3.63) is 34.6 Å². The topological polar surface area (TPSA) is 29.1 Å². The van der Waals surface area contributed by atoms with E-state index in [9.17, 15) is 9.18 Å². The molecule has 0 bridgehead atoms. The largest absolute Gasteiger partial charge is 0.307 e. The number of ketones is 1. The standard InChI is InChI=1S/C13H15ClFNO/c14-9-5-6-10(11(15)8-9)13(17)12-4-2-1-3-7-16-12/h5-6,8,12,16H,1-4,7H2. The number of nitrogens with one attached hydrogen (secondary N) is 1. The summed E-state index contributed by atoms with van der Waals surface area (Å²) in [6.07, 6.45) is 3.99. The molecule has 1 heterocycles. The van der Waals surface area contributed by atoms with Crippen molar-refractivity contribution in [3.63, 3.8) is 0 Å². The van der Waals surface area contributed by atoms with E-state index in [0.717, 1.165) is 32.2 Å². The SMILES string of the molecule is O=C(c1ccc(Cl)cc1F)C1CCCCCN1. The molecule has 1 aliphatic rings. The van der Waals surface area contributed by atoms with Crippen LogP contribution >= 0.6 is 11.6 Å². The molecule has 0 saturated carbocycles. The number of carbonyl (C=O) groups is 1. The van der Waals surface area contributed by atoms with Gasteiger partial charge in [0.15, 0.2) is 5.78 Å². The molecule has 0 radical (unpaired) electrons. The lowest BCUT2D eigenvalue weighted by molar-refractivity contribution is 0.0936. The minimum atomic E-state index is -0.534. The van der Waals surface area contributed by atoms with Gasteiger partial charge >= 0.3 is 0 Å². The summed E-state index contributed by atoms with van der Waals surface area (Å²) in [6.45, 7) is 0.825. The molecule has 2 rings (SSSR count). The second-order valence-corrected chi connectivity index (χ2v) is 4.78. The number of Topliss-reactive ketones (excluding diaryl/α,β-unsaturated/α-hetero) is 1. The van der Waals surface area contributed by atoms with Crippen LogP contribution in [0.4, 0.5) is 4.39 Å². The maximum Gasteiger partial charge on any atom is 0.182 e. The second kappa shape index (κ2) is 5.61. The van der Waals surface area contributed by atoms with E-state index >= 15 is 0 Å². The van der Waals surface area contributed by atoms with E-state index in [4.69, 9.17) is 11.6 Å². The number of hydrogen-bond acceptors (Lipinski definition) is 2. The number of hydrogen-bond donors (Lipinski definition) is 1. The minimum Gasteiger partial charge on any atom is -0.307 e. The van der Waals surface area contributed by atoms with Gasteiger partial charge in [0.1, 0.15) is 5.82 Å². The molecule has 92 valence electrons. The van der Waals surface area contributed by atoms with Crippen molar-refractivity contribution in [2.24, 2.45) is 0 Å². The first-order valence-electron chi connectivity index (χ1n) is 5.91. The average Bonchev–Trinajstić information content (AvgIpc) is 2.56. The van der Waals surface area contributed by atoms with Gasteiger partial charge in [-0.1, -0.05) is 24.4 Å². The summed E-state index contributed by atoms with van der Waals surface area (Å²) in [4.78, 5) is 12.1. The fourth-order valence-electron chi connectivity index (χ4n) is 2.13. The smallest absolute Gasteiger partial charge is 0.182 e. The summed E-state index contributed by atoms with van der Waals surface area (Å²) in [5.41, 5.74) is 0.133. The summed E-state index contributed by atoms with van der Waals surface area (Å²) >= 11 is 5.67. The Hall–Kier alpha value is -0.930. The summed E-state index contributed by atoms with van der Waals surface area (Å²) in [7, 11) is 0. The molecular formula is C13H15ClFNO. The van der Waals surface area contributed by atoms with Crippen molar-refractivity contribution >= 4 is 17.4 Å². The molecule has 0 spiro atoms. The van der Waals surface area contributed by atoms with Crippen molar-refractivity contribution in [1.29, 1.82) is 0 Å². The molecule has 1 saturated heterocycles. The Labute approximate surface area is 105 Å². The minimum absolute atomic E-state index is 0.133. The lowest BCUT2D eigenvalue weighted by Gasteiger charge is -2.14. The normalized spacial score (nSPS) is 20.9. The van der Waals surface area contributed by atoms with E-state index in [0.29, 0.717) is 5.02 Å². The Morgan fingerprint density at radius 2 is 2.18 bits per heavy atom. The first-order chi connectivity index (χ1) is 8.18. The molecule has 1 aliphatic heterocycles. The van der Waals surface area contributed by atoms with E-state index in [2.05, 4.69) is 5.32 Å². The van der Waals surface area contributed by atoms with Crippen LogP contribution < -0.4 is 5.32 Å². The van der Waals surface area contributed by atoms with E-state index in [1.165, 1.54) is 12.1 Å². The summed E-state index contributed by atoms with van der Waals surface area (Å²) in [5.74, 6) is -0.699. The molecule has 0 amide bonds. The quantitative estimate of drug-likeness (QED) is 0.823. The van der Waals surface area contributed by atoms with Crippen LogP contribution in [0, 0.1) is 5.82 Å². The van der Waals surface area contributed by atoms with Crippen LogP contribution in [0.1, 0.15) is 36.0 Å². The highest BCUT2D eigenvalue weighted by Crippen LogP contribution is 2.18. The van der Waals surface area contributed by atoms with Crippen molar-refractivity contribution < 1.29 is 9.18 Å². The third kappa shape index (κ3) is 3.05. The first-order valence-corrected chi connectivity index (χ1v) is 6.29. The van der Waals surface area contributed by atoms with Gasteiger partial charge in [-0.05, 0) is 37.6 Å². The molecule has 1 fully saturated rings. The Balaban J connectivity index is 2.17. The van der Waals surface area contributed by atoms with Crippen LogP contribution in [0.3, 0.4) is 0 Å². The molecule has 1 N–H and O–H groups in total. The van der Waals surface area contributed by atoms with Crippen LogP contribution in [-0.2, 0) is 0 Å². The number of halogens is 2. The molecule has 1 atom stereocenters. The molecule has 17 heavy (non-hydrogen) atoms. The van der Waals surface area contributed by atoms with Gasteiger partial charge in [-0.25, -0.2) is 4.39 Å². The molecule has 0 aliphatic carbocycles. The zero-order chi connectivity index (χ0) is 12.3. The molecule has 0 aromatic heterocycles. The van der Waals surface area contributed by atoms with Gasteiger partial charge in [-0.3, -0.25) is 4.79 Å². The molecule has 2 nitrogen and oxygen atoms in total. The predicted octanol–water partition coefficient (Wildman–Crippen LogP) is 3.19. The van der Waals surface area contributed by atoms with Crippen LogP contribution in [0.5, 0.6) is 0 Å². The lowest BCUT2D eigenvalue weighted by Crippen LogP contribution is -2.36. The Kier molecular flexibility index (Phi) is 4.13. The fraction of sp³-hybridized carbons (Fsp3) is 0.462. The van der Waals surface area contributed by atoms with Gasteiger partial charge in [0.2, 0.25) is 0 Å². The number of rotatable bonds is 2. The maximum atomic E-state index is 13.6. The van der Waals surface area contributed by atoms with Crippen LogP contribution in [0.25, 0.3) is 0 Å². The molecule has 1 aromatic rings. The number of benzene rings is 1. The summed E-state index contributed by atoms with van der Waals surface area (Å²) in [6, 6.07) is 3.94. The van der Waals surface area contributed by atoms with Gasteiger partial charge < -0.3 is 5.32 Å². The summed E-state index contributed by atoms with van der Waals surface area (Å²) in [5, 5.41) is 3.49. The van der Waals surface area contributed by atoms with Gasteiger partial charge in [-0.2, -0.15) is 0 Å². The zero-order valence-corrected chi connectivity index (χ0v) is 10.3. The monoisotopic (exact) mass is 255 g/mol. The Morgan fingerprint density at radius 1 is 1.35 bits per heavy atom. The van der Waals surface area contributed by atoms with E-state index in [1.54, 1.807) is 6.07 Å². The van der Waals surface area contributed by atoms with Crippen molar-refractivity contribution in [2.45, 2.75) is 31.7 Å². The average molecular weight is 256 g/mol. The summed E-state index contributed by atoms with van der Waals surface area (Å²) < 4.78 is 13.6. The third-order valence-corrected chi connectivity index (χ3v) is 3.31. The molecule has 4 heteroatoms. The van der Waals surface area contributed by atoms with Gasteiger partial charge in [0.05, 0.1) is 11.6 Å². The molecule has 1 unspecified atom stereocenters. The molecular weight excluding hydrogens is 241 g/mol.